The number of hydrogen-bond acceptors (Lipinski definition) is 3. The van der Waals surface area contributed by atoms with E-state index < -0.39 is 10.0 Å². The summed E-state index contributed by atoms with van der Waals surface area (Å²) in [5.74, 6) is -0.206. The van der Waals surface area contributed by atoms with E-state index >= 15 is 0 Å². The van der Waals surface area contributed by atoms with Gasteiger partial charge in [0.25, 0.3) is 10.0 Å². The molecule has 7 heteroatoms. The van der Waals surface area contributed by atoms with Crippen LogP contribution in [-0.2, 0) is 14.8 Å². The number of amides is 1. The minimum absolute atomic E-state index is 0.135. The van der Waals surface area contributed by atoms with E-state index in [1.165, 1.54) is 19.1 Å². The number of rotatable bonds is 4. The molecule has 0 saturated heterocycles. The summed E-state index contributed by atoms with van der Waals surface area (Å²) < 4.78 is 27.9. The van der Waals surface area contributed by atoms with Gasteiger partial charge in [-0.25, -0.2) is 8.42 Å². The SMILES string of the molecule is CC(=O)Nc1ccc(S(=O)(=O)Nc2ccccc2I)cc1. The number of sulfonamides is 1. The quantitative estimate of drug-likeness (QED) is 0.753. The lowest BCUT2D eigenvalue weighted by molar-refractivity contribution is -0.114. The van der Waals surface area contributed by atoms with Crippen molar-refractivity contribution in [2.45, 2.75) is 11.8 Å². The predicted molar refractivity (Wildman–Crippen MR) is 90.7 cm³/mol. The largest absolute Gasteiger partial charge is 0.326 e. The highest BCUT2D eigenvalue weighted by Crippen LogP contribution is 2.22. The van der Waals surface area contributed by atoms with Crippen LogP contribution in [-0.4, -0.2) is 14.3 Å². The molecule has 0 unspecified atom stereocenters. The number of carbonyl (C=O) groups is 1. The molecule has 0 spiro atoms. The van der Waals surface area contributed by atoms with Crippen LogP contribution in [0.5, 0.6) is 0 Å². The smallest absolute Gasteiger partial charge is 0.261 e. The minimum Gasteiger partial charge on any atom is -0.326 e. The Morgan fingerprint density at radius 2 is 1.67 bits per heavy atom. The molecule has 0 saturated carbocycles. The van der Waals surface area contributed by atoms with E-state index in [9.17, 15) is 13.2 Å². The standard InChI is InChI=1S/C14H13IN2O3S/c1-10(18)16-11-6-8-12(9-7-11)21(19,20)17-14-5-3-2-4-13(14)15/h2-9,17H,1H3,(H,16,18). The number of nitrogens with one attached hydrogen (secondary N) is 2. The lowest BCUT2D eigenvalue weighted by Crippen LogP contribution is -2.14. The van der Waals surface area contributed by atoms with Gasteiger partial charge in [-0.2, -0.15) is 0 Å². The summed E-state index contributed by atoms with van der Waals surface area (Å²) in [5, 5.41) is 2.59. The molecular weight excluding hydrogens is 403 g/mol. The van der Waals surface area contributed by atoms with Crippen LogP contribution < -0.4 is 10.0 Å². The molecule has 2 N–H and O–H groups in total. The Morgan fingerprint density at radius 3 is 2.24 bits per heavy atom. The van der Waals surface area contributed by atoms with Crippen LogP contribution in [0.3, 0.4) is 0 Å². The molecular formula is C14H13IN2O3S. The van der Waals surface area contributed by atoms with E-state index in [0.29, 0.717) is 11.4 Å². The van der Waals surface area contributed by atoms with Crippen LogP contribution in [0.2, 0.25) is 0 Å². The van der Waals surface area contributed by atoms with E-state index in [4.69, 9.17) is 0 Å². The molecule has 0 aliphatic rings. The fourth-order valence-electron chi connectivity index (χ4n) is 1.67. The minimum atomic E-state index is -3.65. The molecule has 0 heterocycles. The first-order chi connectivity index (χ1) is 9.88. The molecule has 0 aliphatic heterocycles. The highest BCUT2D eigenvalue weighted by molar-refractivity contribution is 14.1. The third kappa shape index (κ3) is 4.18. The lowest BCUT2D eigenvalue weighted by atomic mass is 10.3. The molecule has 2 aromatic carbocycles. The molecule has 0 aliphatic carbocycles. The van der Waals surface area contributed by atoms with Gasteiger partial charge in [-0.05, 0) is 59.0 Å². The van der Waals surface area contributed by atoms with Crippen LogP contribution in [0.15, 0.2) is 53.4 Å². The van der Waals surface area contributed by atoms with Crippen LogP contribution in [0.4, 0.5) is 11.4 Å². The Kier molecular flexibility index (Phi) is 4.84. The van der Waals surface area contributed by atoms with Crippen molar-refractivity contribution in [3.05, 3.63) is 52.1 Å². The van der Waals surface area contributed by atoms with Gasteiger partial charge >= 0.3 is 0 Å². The van der Waals surface area contributed by atoms with Crippen LogP contribution >= 0.6 is 22.6 Å². The van der Waals surface area contributed by atoms with Crippen molar-refractivity contribution in [3.63, 3.8) is 0 Å². The van der Waals surface area contributed by atoms with Crippen molar-refractivity contribution in [2.75, 3.05) is 10.0 Å². The third-order valence-electron chi connectivity index (χ3n) is 2.60. The summed E-state index contributed by atoms with van der Waals surface area (Å²) in [7, 11) is -3.65. The second kappa shape index (κ2) is 6.44. The highest BCUT2D eigenvalue weighted by Gasteiger charge is 2.15. The van der Waals surface area contributed by atoms with Gasteiger partial charge in [0.05, 0.1) is 10.6 Å². The van der Waals surface area contributed by atoms with Crippen LogP contribution in [0.1, 0.15) is 6.92 Å². The number of benzene rings is 2. The van der Waals surface area contributed by atoms with Crippen LogP contribution in [0.25, 0.3) is 0 Å². The number of carbonyl (C=O) groups excluding carboxylic acids is 1. The zero-order valence-corrected chi connectivity index (χ0v) is 14.1. The van der Waals surface area contributed by atoms with Crippen molar-refractivity contribution in [1.29, 1.82) is 0 Å². The van der Waals surface area contributed by atoms with Gasteiger partial charge in [0, 0.05) is 16.2 Å². The van der Waals surface area contributed by atoms with E-state index in [1.807, 2.05) is 12.1 Å². The van der Waals surface area contributed by atoms with Gasteiger partial charge in [0.15, 0.2) is 0 Å². The summed E-state index contributed by atoms with van der Waals surface area (Å²) in [6.07, 6.45) is 0. The summed E-state index contributed by atoms with van der Waals surface area (Å²) in [5.41, 5.74) is 1.08. The molecule has 0 atom stereocenters. The molecule has 2 aromatic rings. The number of hydrogen-bond donors (Lipinski definition) is 2. The average molecular weight is 416 g/mol. The van der Waals surface area contributed by atoms with Gasteiger partial charge in [0.1, 0.15) is 0 Å². The van der Waals surface area contributed by atoms with Crippen LogP contribution in [0, 0.1) is 3.57 Å². The molecule has 21 heavy (non-hydrogen) atoms. The predicted octanol–water partition coefficient (Wildman–Crippen LogP) is 3.05. The highest BCUT2D eigenvalue weighted by atomic mass is 127. The van der Waals surface area contributed by atoms with Gasteiger partial charge in [-0.1, -0.05) is 12.1 Å². The first-order valence-corrected chi connectivity index (χ1v) is 8.60. The molecule has 0 radical (unpaired) electrons. The molecule has 2 rings (SSSR count). The molecule has 0 aromatic heterocycles. The van der Waals surface area contributed by atoms with Gasteiger partial charge in [-0.3, -0.25) is 9.52 Å². The second-order valence-corrected chi connectivity index (χ2v) is 7.14. The first-order valence-electron chi connectivity index (χ1n) is 6.03. The Bertz CT molecular complexity index is 758. The lowest BCUT2D eigenvalue weighted by Gasteiger charge is -2.10. The fraction of sp³-hybridized carbons (Fsp3) is 0.0714. The summed E-state index contributed by atoms with van der Waals surface area (Å²) in [4.78, 5) is 11.1. The molecule has 0 fully saturated rings. The van der Waals surface area contributed by atoms with E-state index in [1.54, 1.807) is 24.3 Å². The summed E-state index contributed by atoms with van der Waals surface area (Å²) >= 11 is 2.06. The zero-order chi connectivity index (χ0) is 15.5. The number of halogens is 1. The Balaban J connectivity index is 2.24. The fourth-order valence-corrected chi connectivity index (χ4v) is 3.45. The van der Waals surface area contributed by atoms with Gasteiger partial charge in [-0.15, -0.1) is 0 Å². The van der Waals surface area contributed by atoms with Gasteiger partial charge < -0.3 is 5.32 Å². The average Bonchev–Trinajstić information content (AvgIpc) is 2.41. The van der Waals surface area contributed by atoms with E-state index in [2.05, 4.69) is 32.6 Å². The van der Waals surface area contributed by atoms with Crippen molar-refractivity contribution < 1.29 is 13.2 Å². The topological polar surface area (TPSA) is 75.3 Å². The Hall–Kier alpha value is -1.61. The Labute approximate surface area is 137 Å². The van der Waals surface area contributed by atoms with E-state index in [0.717, 1.165) is 3.57 Å². The molecule has 110 valence electrons. The molecule has 0 bridgehead atoms. The van der Waals surface area contributed by atoms with Crippen molar-refractivity contribution in [2.24, 2.45) is 0 Å². The second-order valence-electron chi connectivity index (χ2n) is 4.29. The number of anilines is 2. The maximum atomic E-state index is 12.3. The summed E-state index contributed by atoms with van der Waals surface area (Å²) in [6.45, 7) is 1.39. The number of para-hydroxylation sites is 1. The van der Waals surface area contributed by atoms with Crippen molar-refractivity contribution >= 4 is 49.9 Å². The third-order valence-corrected chi connectivity index (χ3v) is 4.93. The van der Waals surface area contributed by atoms with Crippen molar-refractivity contribution in [3.8, 4) is 0 Å². The molecule has 1 amide bonds. The van der Waals surface area contributed by atoms with E-state index in [-0.39, 0.29) is 10.8 Å². The van der Waals surface area contributed by atoms with Crippen molar-refractivity contribution in [1.82, 2.24) is 0 Å². The zero-order valence-electron chi connectivity index (χ0n) is 11.1. The monoisotopic (exact) mass is 416 g/mol. The Morgan fingerprint density at radius 1 is 1.05 bits per heavy atom. The molecule has 5 nitrogen and oxygen atoms in total. The summed E-state index contributed by atoms with van der Waals surface area (Å²) in [6, 6.07) is 13.1. The first kappa shape index (κ1) is 15.8. The normalized spacial score (nSPS) is 11.0. The van der Waals surface area contributed by atoms with Gasteiger partial charge in [0.2, 0.25) is 5.91 Å². The maximum Gasteiger partial charge on any atom is 0.261 e. The maximum absolute atomic E-state index is 12.3.